The molecule has 3 amide bonds. The largest absolute Gasteiger partial charge is 0.481 e. The normalized spacial score (nSPS) is 16.0. The fourth-order valence-electron chi connectivity index (χ4n) is 4.05. The molecule has 1 fully saturated rings. The average molecular weight is 472 g/mol. The van der Waals surface area contributed by atoms with Gasteiger partial charge in [-0.1, -0.05) is 79.7 Å². The zero-order valence-corrected chi connectivity index (χ0v) is 19.6. The van der Waals surface area contributed by atoms with Crippen LogP contribution in [0.3, 0.4) is 0 Å². The minimum atomic E-state index is -0.766. The molecule has 0 saturated carbocycles. The first-order valence-corrected chi connectivity index (χ1v) is 11.8. The van der Waals surface area contributed by atoms with Crippen LogP contribution >= 0.6 is 0 Å². The highest BCUT2D eigenvalue weighted by molar-refractivity contribution is 5.91. The summed E-state index contributed by atoms with van der Waals surface area (Å²) < 4.78 is 5.85. The Morgan fingerprint density at radius 3 is 2.20 bits per heavy atom. The van der Waals surface area contributed by atoms with E-state index in [1.807, 2.05) is 91.9 Å². The summed E-state index contributed by atoms with van der Waals surface area (Å²) in [6.45, 7) is 2.61. The summed E-state index contributed by atoms with van der Waals surface area (Å²) in [5.74, 6) is -0.856. The molecule has 3 aromatic rings. The van der Waals surface area contributed by atoms with Crippen LogP contribution in [0.15, 0.2) is 84.9 Å². The third-order valence-electron chi connectivity index (χ3n) is 6.01. The van der Waals surface area contributed by atoms with Gasteiger partial charge in [0.15, 0.2) is 6.10 Å². The van der Waals surface area contributed by atoms with E-state index in [0.29, 0.717) is 25.3 Å². The summed E-state index contributed by atoms with van der Waals surface area (Å²) in [6, 6.07) is 27.1. The third kappa shape index (κ3) is 6.26. The van der Waals surface area contributed by atoms with Crippen molar-refractivity contribution in [3.8, 4) is 16.9 Å². The number of carbonyl (C=O) groups excluding carboxylic acids is 3. The van der Waals surface area contributed by atoms with Gasteiger partial charge in [0.1, 0.15) is 5.75 Å². The number of nitrogens with one attached hydrogen (secondary N) is 2. The number of benzene rings is 3. The zero-order valence-electron chi connectivity index (χ0n) is 19.6. The molecule has 7 heteroatoms. The lowest BCUT2D eigenvalue weighted by Crippen LogP contribution is -2.50. The van der Waals surface area contributed by atoms with E-state index in [0.717, 1.165) is 16.7 Å². The molecule has 3 aromatic carbocycles. The molecule has 1 aliphatic heterocycles. The molecule has 2 unspecified atom stereocenters. The number of hydrogen-bond donors (Lipinski definition) is 2. The maximum atomic E-state index is 12.6. The predicted octanol–water partition coefficient (Wildman–Crippen LogP) is 3.71. The van der Waals surface area contributed by atoms with Crippen molar-refractivity contribution in [3.63, 3.8) is 0 Å². The molecule has 0 spiro atoms. The first-order chi connectivity index (χ1) is 17.0. The van der Waals surface area contributed by atoms with Crippen LogP contribution in [0.4, 0.5) is 0 Å². The van der Waals surface area contributed by atoms with Gasteiger partial charge >= 0.3 is 0 Å². The maximum Gasteiger partial charge on any atom is 0.279 e. The van der Waals surface area contributed by atoms with E-state index in [9.17, 15) is 14.4 Å². The van der Waals surface area contributed by atoms with Crippen molar-refractivity contribution in [1.82, 2.24) is 15.8 Å². The van der Waals surface area contributed by atoms with Gasteiger partial charge in [-0.05, 0) is 35.2 Å². The van der Waals surface area contributed by atoms with Crippen molar-refractivity contribution < 1.29 is 19.1 Å². The van der Waals surface area contributed by atoms with Crippen molar-refractivity contribution in [1.29, 1.82) is 0 Å². The first kappa shape index (κ1) is 24.0. The van der Waals surface area contributed by atoms with Crippen molar-refractivity contribution in [2.75, 3.05) is 6.54 Å². The van der Waals surface area contributed by atoms with E-state index in [4.69, 9.17) is 4.74 Å². The Morgan fingerprint density at radius 2 is 1.54 bits per heavy atom. The average Bonchev–Trinajstić information content (AvgIpc) is 3.27. The monoisotopic (exact) mass is 471 g/mol. The van der Waals surface area contributed by atoms with Crippen LogP contribution in [0, 0.1) is 5.92 Å². The number of amides is 3. The molecule has 1 aliphatic rings. The fraction of sp³-hybridized carbons (Fsp3) is 0.250. The predicted molar refractivity (Wildman–Crippen MR) is 133 cm³/mol. The maximum absolute atomic E-state index is 12.6. The van der Waals surface area contributed by atoms with E-state index >= 15 is 0 Å². The van der Waals surface area contributed by atoms with Crippen LogP contribution in [0.1, 0.15) is 25.3 Å². The first-order valence-electron chi connectivity index (χ1n) is 11.8. The van der Waals surface area contributed by atoms with Crippen LogP contribution in [-0.2, 0) is 20.9 Å². The van der Waals surface area contributed by atoms with E-state index in [1.165, 1.54) is 0 Å². The van der Waals surface area contributed by atoms with Crippen molar-refractivity contribution in [2.45, 2.75) is 32.4 Å². The second-order valence-corrected chi connectivity index (χ2v) is 8.54. The van der Waals surface area contributed by atoms with Gasteiger partial charge in [0, 0.05) is 19.5 Å². The summed E-state index contributed by atoms with van der Waals surface area (Å²) in [4.78, 5) is 39.2. The van der Waals surface area contributed by atoms with E-state index in [1.54, 1.807) is 4.90 Å². The zero-order chi connectivity index (χ0) is 24.6. The Kier molecular flexibility index (Phi) is 7.77. The summed E-state index contributed by atoms with van der Waals surface area (Å²) in [6.07, 6.45) is -0.220. The number of rotatable bonds is 8. The Balaban J connectivity index is 1.27. The highest BCUT2D eigenvalue weighted by Crippen LogP contribution is 2.23. The molecule has 35 heavy (non-hydrogen) atoms. The van der Waals surface area contributed by atoms with Gasteiger partial charge in [-0.15, -0.1) is 0 Å². The van der Waals surface area contributed by atoms with Crippen molar-refractivity contribution in [3.05, 3.63) is 90.5 Å². The molecule has 2 N–H and O–H groups in total. The van der Waals surface area contributed by atoms with Gasteiger partial charge < -0.3 is 9.64 Å². The standard InChI is InChI=1S/C28H29N3O4/c1-2-25(35-24-15-13-22(14-16-24)21-11-7-4-8-12-21)28(34)30-29-27(33)23-17-26(32)31(19-23)18-20-9-5-3-6-10-20/h3-16,23,25H,2,17-19H2,1H3,(H,29,33)(H,30,34). The topological polar surface area (TPSA) is 87.7 Å². The third-order valence-corrected chi connectivity index (χ3v) is 6.01. The lowest BCUT2D eigenvalue weighted by atomic mass is 10.1. The Bertz CT molecular complexity index is 1150. The Labute approximate surface area is 205 Å². The molecular formula is C28H29N3O4. The summed E-state index contributed by atoms with van der Waals surface area (Å²) in [5.41, 5.74) is 8.07. The second-order valence-electron chi connectivity index (χ2n) is 8.54. The molecule has 4 rings (SSSR count). The molecule has 0 aliphatic carbocycles. The van der Waals surface area contributed by atoms with Gasteiger partial charge in [0.2, 0.25) is 11.8 Å². The highest BCUT2D eigenvalue weighted by Gasteiger charge is 2.34. The number of hydrogen-bond acceptors (Lipinski definition) is 4. The number of likely N-dealkylation sites (tertiary alicyclic amines) is 1. The number of carbonyl (C=O) groups is 3. The molecule has 0 aromatic heterocycles. The number of nitrogens with zero attached hydrogens (tertiary/aromatic N) is 1. The minimum Gasteiger partial charge on any atom is -0.481 e. The van der Waals surface area contributed by atoms with Gasteiger partial charge in [-0.3, -0.25) is 25.2 Å². The van der Waals surface area contributed by atoms with Crippen LogP contribution in [0.25, 0.3) is 11.1 Å². The van der Waals surface area contributed by atoms with Gasteiger partial charge in [-0.2, -0.15) is 0 Å². The van der Waals surface area contributed by atoms with Crippen LogP contribution in [-0.4, -0.2) is 35.3 Å². The number of hydrazine groups is 1. The molecule has 1 saturated heterocycles. The summed E-state index contributed by atoms with van der Waals surface area (Å²) >= 11 is 0. The Morgan fingerprint density at radius 1 is 0.914 bits per heavy atom. The highest BCUT2D eigenvalue weighted by atomic mass is 16.5. The SMILES string of the molecule is CCC(Oc1ccc(-c2ccccc2)cc1)C(=O)NNC(=O)C1CC(=O)N(Cc2ccccc2)C1. The van der Waals surface area contributed by atoms with Gasteiger partial charge in [0.05, 0.1) is 5.92 Å². The molecule has 0 radical (unpaired) electrons. The smallest absolute Gasteiger partial charge is 0.279 e. The molecule has 7 nitrogen and oxygen atoms in total. The van der Waals surface area contributed by atoms with Crippen molar-refractivity contribution in [2.24, 2.45) is 5.92 Å². The lowest BCUT2D eigenvalue weighted by Gasteiger charge is -2.19. The number of ether oxygens (including phenoxy) is 1. The van der Waals surface area contributed by atoms with Crippen LogP contribution in [0.5, 0.6) is 5.75 Å². The van der Waals surface area contributed by atoms with E-state index < -0.39 is 17.9 Å². The quantitative estimate of drug-likeness (QED) is 0.491. The second kappa shape index (κ2) is 11.3. The van der Waals surface area contributed by atoms with E-state index in [-0.39, 0.29) is 18.2 Å². The Hall–Kier alpha value is -4.13. The van der Waals surface area contributed by atoms with Crippen LogP contribution in [0.2, 0.25) is 0 Å². The molecule has 2 atom stereocenters. The van der Waals surface area contributed by atoms with Crippen molar-refractivity contribution >= 4 is 17.7 Å². The minimum absolute atomic E-state index is 0.0750. The summed E-state index contributed by atoms with van der Waals surface area (Å²) in [5, 5.41) is 0. The van der Waals surface area contributed by atoms with E-state index in [2.05, 4.69) is 10.9 Å². The molecule has 1 heterocycles. The molecule has 180 valence electrons. The molecular weight excluding hydrogens is 442 g/mol. The van der Waals surface area contributed by atoms with Gasteiger partial charge in [0.25, 0.3) is 5.91 Å². The molecule has 0 bridgehead atoms. The lowest BCUT2D eigenvalue weighted by molar-refractivity contribution is -0.134. The summed E-state index contributed by atoms with van der Waals surface area (Å²) in [7, 11) is 0. The van der Waals surface area contributed by atoms with Crippen LogP contribution < -0.4 is 15.6 Å². The fourth-order valence-corrected chi connectivity index (χ4v) is 4.05. The van der Waals surface area contributed by atoms with Gasteiger partial charge in [-0.25, -0.2) is 0 Å².